The summed E-state index contributed by atoms with van der Waals surface area (Å²) in [5.41, 5.74) is 3.31. The Balaban J connectivity index is 1.90. The molecule has 3 aromatic rings. The van der Waals surface area contributed by atoms with Crippen LogP contribution in [0.1, 0.15) is 42.0 Å². The molecule has 6 heteroatoms. The minimum Gasteiger partial charge on any atom is -0.484 e. The fraction of sp³-hybridized carbons (Fsp3) is 0.333. The standard InChI is InChI=1S/C30H35FN2O3/c1-4-5-15-32-30(35)28(19-24-11-7-6-8-12-24)33(20-25-13-9-10-14-27(25)31)29(34)21-36-26-17-22(2)16-23(3)18-26/h6-14,16-18,28H,4-5,15,19-21H2,1-3H3,(H,32,35). The molecule has 1 N–H and O–H groups in total. The number of hydrogen-bond acceptors (Lipinski definition) is 3. The number of nitrogens with zero attached hydrogens (tertiary/aromatic N) is 1. The smallest absolute Gasteiger partial charge is 0.261 e. The van der Waals surface area contributed by atoms with Gasteiger partial charge in [0.1, 0.15) is 17.6 Å². The molecule has 0 aliphatic carbocycles. The van der Waals surface area contributed by atoms with Gasteiger partial charge in [0.05, 0.1) is 0 Å². The topological polar surface area (TPSA) is 58.6 Å². The van der Waals surface area contributed by atoms with Gasteiger partial charge in [0.25, 0.3) is 5.91 Å². The maximum absolute atomic E-state index is 14.6. The van der Waals surface area contributed by atoms with Crippen molar-refractivity contribution in [3.05, 3.63) is 101 Å². The highest BCUT2D eigenvalue weighted by atomic mass is 19.1. The molecule has 0 aliphatic heterocycles. The average Bonchev–Trinajstić information content (AvgIpc) is 2.86. The van der Waals surface area contributed by atoms with Gasteiger partial charge in [0.2, 0.25) is 5.91 Å². The Labute approximate surface area is 213 Å². The number of aryl methyl sites for hydroxylation is 2. The summed E-state index contributed by atoms with van der Waals surface area (Å²) in [6.45, 7) is 6.18. The van der Waals surface area contributed by atoms with E-state index in [0.29, 0.717) is 24.3 Å². The number of amides is 2. The highest BCUT2D eigenvalue weighted by molar-refractivity contribution is 5.88. The van der Waals surface area contributed by atoms with Crippen molar-refractivity contribution in [3.63, 3.8) is 0 Å². The van der Waals surface area contributed by atoms with Crippen LogP contribution in [0, 0.1) is 19.7 Å². The summed E-state index contributed by atoms with van der Waals surface area (Å²) in [6, 6.07) is 20.8. The molecule has 5 nitrogen and oxygen atoms in total. The molecule has 1 unspecified atom stereocenters. The number of nitrogens with one attached hydrogen (secondary N) is 1. The lowest BCUT2D eigenvalue weighted by molar-refractivity contribution is -0.142. The van der Waals surface area contributed by atoms with Crippen LogP contribution in [0.4, 0.5) is 4.39 Å². The molecular weight excluding hydrogens is 455 g/mol. The lowest BCUT2D eigenvalue weighted by Gasteiger charge is -2.31. The monoisotopic (exact) mass is 490 g/mol. The molecule has 0 heterocycles. The molecule has 0 radical (unpaired) electrons. The van der Waals surface area contributed by atoms with Crippen LogP contribution >= 0.6 is 0 Å². The van der Waals surface area contributed by atoms with E-state index in [1.54, 1.807) is 18.2 Å². The van der Waals surface area contributed by atoms with Crippen LogP contribution in [0.15, 0.2) is 72.8 Å². The largest absolute Gasteiger partial charge is 0.484 e. The third-order valence-electron chi connectivity index (χ3n) is 5.96. The Morgan fingerprint density at radius 3 is 2.31 bits per heavy atom. The van der Waals surface area contributed by atoms with Crippen molar-refractivity contribution in [3.8, 4) is 5.75 Å². The molecule has 0 aromatic heterocycles. The molecule has 2 amide bonds. The summed E-state index contributed by atoms with van der Waals surface area (Å²) in [5, 5.41) is 2.96. The highest BCUT2D eigenvalue weighted by Crippen LogP contribution is 2.19. The van der Waals surface area contributed by atoms with E-state index in [9.17, 15) is 14.0 Å². The van der Waals surface area contributed by atoms with E-state index in [1.807, 2.05) is 69.3 Å². The van der Waals surface area contributed by atoms with Crippen molar-refractivity contribution in [1.29, 1.82) is 0 Å². The first kappa shape index (κ1) is 26.9. The Kier molecular flexibility index (Phi) is 10.0. The number of carbonyl (C=O) groups excluding carboxylic acids is 2. The van der Waals surface area contributed by atoms with Gasteiger partial charge in [-0.2, -0.15) is 0 Å². The number of benzene rings is 3. The van der Waals surface area contributed by atoms with Gasteiger partial charge in [0.15, 0.2) is 6.61 Å². The van der Waals surface area contributed by atoms with E-state index in [1.165, 1.54) is 11.0 Å². The zero-order valence-corrected chi connectivity index (χ0v) is 21.3. The van der Waals surface area contributed by atoms with Crippen LogP contribution in [0.25, 0.3) is 0 Å². The predicted molar refractivity (Wildman–Crippen MR) is 140 cm³/mol. The minimum atomic E-state index is -0.820. The number of carbonyl (C=O) groups is 2. The summed E-state index contributed by atoms with van der Waals surface area (Å²) in [7, 11) is 0. The Bertz CT molecular complexity index is 1130. The Morgan fingerprint density at radius 2 is 1.64 bits per heavy atom. The first-order chi connectivity index (χ1) is 17.4. The Hall–Kier alpha value is -3.67. The summed E-state index contributed by atoms with van der Waals surface area (Å²) >= 11 is 0. The van der Waals surface area contributed by atoms with E-state index in [0.717, 1.165) is 29.5 Å². The normalized spacial score (nSPS) is 11.6. The van der Waals surface area contributed by atoms with Crippen molar-refractivity contribution < 1.29 is 18.7 Å². The molecule has 0 bridgehead atoms. The quantitative estimate of drug-likeness (QED) is 0.347. The van der Waals surface area contributed by atoms with Crippen LogP contribution in [-0.4, -0.2) is 35.9 Å². The molecular formula is C30H35FN2O3. The van der Waals surface area contributed by atoms with Gasteiger partial charge in [-0.1, -0.05) is 67.9 Å². The van der Waals surface area contributed by atoms with E-state index in [2.05, 4.69) is 5.32 Å². The third-order valence-corrected chi connectivity index (χ3v) is 5.96. The zero-order chi connectivity index (χ0) is 25.9. The van der Waals surface area contributed by atoms with E-state index < -0.39 is 11.9 Å². The Morgan fingerprint density at radius 1 is 0.972 bits per heavy atom. The number of halogens is 1. The fourth-order valence-electron chi connectivity index (χ4n) is 4.11. The molecule has 0 spiro atoms. The lowest BCUT2D eigenvalue weighted by atomic mass is 10.0. The van der Waals surface area contributed by atoms with Crippen LogP contribution in [0.5, 0.6) is 5.75 Å². The zero-order valence-electron chi connectivity index (χ0n) is 21.3. The van der Waals surface area contributed by atoms with Crippen LogP contribution in [0.2, 0.25) is 0 Å². The SMILES string of the molecule is CCCCNC(=O)C(Cc1ccccc1)N(Cc1ccccc1F)C(=O)COc1cc(C)cc(C)c1. The van der Waals surface area contributed by atoms with Crippen LogP contribution in [-0.2, 0) is 22.6 Å². The van der Waals surface area contributed by atoms with Crippen molar-refractivity contribution in [2.45, 2.75) is 52.6 Å². The van der Waals surface area contributed by atoms with Crippen molar-refractivity contribution in [1.82, 2.24) is 10.2 Å². The summed E-state index contributed by atoms with van der Waals surface area (Å²) in [6.07, 6.45) is 2.08. The second-order valence-corrected chi connectivity index (χ2v) is 9.08. The molecule has 1 atom stereocenters. The summed E-state index contributed by atoms with van der Waals surface area (Å²) in [5.74, 6) is -0.485. The maximum Gasteiger partial charge on any atom is 0.261 e. The van der Waals surface area contributed by atoms with Gasteiger partial charge in [0, 0.05) is 25.1 Å². The van der Waals surface area contributed by atoms with Gasteiger partial charge >= 0.3 is 0 Å². The van der Waals surface area contributed by atoms with Gasteiger partial charge in [-0.25, -0.2) is 4.39 Å². The number of ether oxygens (including phenoxy) is 1. The first-order valence-electron chi connectivity index (χ1n) is 12.4. The molecule has 3 aromatic carbocycles. The third kappa shape index (κ3) is 7.94. The van der Waals surface area contributed by atoms with Gasteiger partial charge < -0.3 is 15.0 Å². The van der Waals surface area contributed by atoms with Crippen molar-refractivity contribution >= 4 is 11.8 Å². The maximum atomic E-state index is 14.6. The summed E-state index contributed by atoms with van der Waals surface area (Å²) < 4.78 is 20.5. The molecule has 3 rings (SSSR count). The minimum absolute atomic E-state index is 0.0413. The van der Waals surface area contributed by atoms with E-state index >= 15 is 0 Å². The van der Waals surface area contributed by atoms with Crippen molar-refractivity contribution in [2.24, 2.45) is 0 Å². The second kappa shape index (κ2) is 13.4. The molecule has 0 fully saturated rings. The van der Waals surface area contributed by atoms with Crippen molar-refractivity contribution in [2.75, 3.05) is 13.2 Å². The highest BCUT2D eigenvalue weighted by Gasteiger charge is 2.31. The van der Waals surface area contributed by atoms with Crippen LogP contribution < -0.4 is 10.1 Å². The second-order valence-electron chi connectivity index (χ2n) is 9.08. The van der Waals surface area contributed by atoms with Crippen LogP contribution in [0.3, 0.4) is 0 Å². The summed E-state index contributed by atoms with van der Waals surface area (Å²) in [4.78, 5) is 28.4. The van der Waals surface area contributed by atoms with E-state index in [-0.39, 0.29) is 25.0 Å². The van der Waals surface area contributed by atoms with E-state index in [4.69, 9.17) is 4.74 Å². The molecule has 36 heavy (non-hydrogen) atoms. The van der Waals surface area contributed by atoms with Gasteiger partial charge in [-0.05, 0) is 55.2 Å². The molecule has 0 saturated heterocycles. The lowest BCUT2D eigenvalue weighted by Crippen LogP contribution is -2.52. The number of rotatable bonds is 12. The number of unbranched alkanes of at least 4 members (excludes halogenated alkanes) is 1. The molecule has 0 saturated carbocycles. The number of hydrogen-bond donors (Lipinski definition) is 1. The average molecular weight is 491 g/mol. The van der Waals surface area contributed by atoms with Gasteiger partial charge in [-0.3, -0.25) is 9.59 Å². The first-order valence-corrected chi connectivity index (χ1v) is 12.4. The predicted octanol–water partition coefficient (Wildman–Crippen LogP) is 5.38. The molecule has 0 aliphatic rings. The van der Waals surface area contributed by atoms with Gasteiger partial charge in [-0.15, -0.1) is 0 Å². The molecule has 190 valence electrons. The fourth-order valence-corrected chi connectivity index (χ4v) is 4.11.